The molecule has 0 fully saturated rings. The number of hydrogen-bond donors (Lipinski definition) is 2. The van der Waals surface area contributed by atoms with Crippen molar-refractivity contribution >= 4 is 28.9 Å². The summed E-state index contributed by atoms with van der Waals surface area (Å²) >= 11 is 5.90. The van der Waals surface area contributed by atoms with Gasteiger partial charge in [-0.05, 0) is 25.1 Å². The van der Waals surface area contributed by atoms with E-state index >= 15 is 0 Å². The topological polar surface area (TPSA) is 49.8 Å². The van der Waals surface area contributed by atoms with E-state index in [-0.39, 0.29) is 0 Å². The van der Waals surface area contributed by atoms with Gasteiger partial charge in [-0.15, -0.1) is 0 Å². The summed E-state index contributed by atoms with van der Waals surface area (Å²) in [6.07, 6.45) is 3.36. The minimum Gasteiger partial charge on any atom is -0.369 e. The van der Waals surface area contributed by atoms with Crippen molar-refractivity contribution in [3.8, 4) is 0 Å². The number of benzene rings is 1. The van der Waals surface area contributed by atoms with Crippen LogP contribution < -0.4 is 10.6 Å². The van der Waals surface area contributed by atoms with Crippen LogP contribution in [0.1, 0.15) is 6.92 Å². The largest absolute Gasteiger partial charge is 0.369 e. The number of rotatable bonds is 4. The highest BCUT2D eigenvalue weighted by atomic mass is 35.5. The highest BCUT2D eigenvalue weighted by molar-refractivity contribution is 6.30. The standard InChI is InChI=1S/C12H13ClN4/c1-2-15-11-7-14-8-12(17-11)16-10-5-3-4-9(13)6-10/h3-8H,2H2,1H3,(H2,15,16,17). The molecule has 0 spiro atoms. The maximum absolute atomic E-state index is 5.90. The lowest BCUT2D eigenvalue weighted by Crippen LogP contribution is -2.02. The molecule has 88 valence electrons. The van der Waals surface area contributed by atoms with Gasteiger partial charge in [-0.25, -0.2) is 4.98 Å². The molecule has 1 aromatic carbocycles. The van der Waals surface area contributed by atoms with Crippen LogP contribution in [0.2, 0.25) is 5.02 Å². The van der Waals surface area contributed by atoms with Gasteiger partial charge >= 0.3 is 0 Å². The van der Waals surface area contributed by atoms with Crippen LogP contribution in [-0.2, 0) is 0 Å². The molecule has 17 heavy (non-hydrogen) atoms. The predicted octanol–water partition coefficient (Wildman–Crippen LogP) is 3.31. The van der Waals surface area contributed by atoms with Crippen molar-refractivity contribution in [1.29, 1.82) is 0 Å². The summed E-state index contributed by atoms with van der Waals surface area (Å²) < 4.78 is 0. The van der Waals surface area contributed by atoms with Crippen LogP contribution in [0.15, 0.2) is 36.7 Å². The zero-order chi connectivity index (χ0) is 12.1. The van der Waals surface area contributed by atoms with Gasteiger partial charge in [0, 0.05) is 17.3 Å². The molecule has 0 saturated carbocycles. The molecule has 2 N–H and O–H groups in total. The molecular formula is C12H13ClN4. The normalized spacial score (nSPS) is 10.0. The Labute approximate surface area is 105 Å². The minimum atomic E-state index is 0.686. The van der Waals surface area contributed by atoms with E-state index in [1.54, 1.807) is 12.4 Å². The number of hydrogen-bond acceptors (Lipinski definition) is 4. The van der Waals surface area contributed by atoms with E-state index in [2.05, 4.69) is 20.6 Å². The van der Waals surface area contributed by atoms with Gasteiger partial charge in [0.15, 0.2) is 5.82 Å². The average molecular weight is 249 g/mol. The molecular weight excluding hydrogens is 236 g/mol. The maximum Gasteiger partial charge on any atom is 0.151 e. The molecule has 0 bridgehead atoms. The zero-order valence-electron chi connectivity index (χ0n) is 9.44. The fourth-order valence-corrected chi connectivity index (χ4v) is 1.60. The van der Waals surface area contributed by atoms with E-state index < -0.39 is 0 Å². The summed E-state index contributed by atoms with van der Waals surface area (Å²) in [7, 11) is 0. The molecule has 1 heterocycles. The Bertz CT molecular complexity index is 501. The molecule has 0 aliphatic heterocycles. The fraction of sp³-hybridized carbons (Fsp3) is 0.167. The highest BCUT2D eigenvalue weighted by Crippen LogP contribution is 2.18. The van der Waals surface area contributed by atoms with Crippen molar-refractivity contribution in [3.05, 3.63) is 41.7 Å². The molecule has 2 aromatic rings. The Morgan fingerprint density at radius 2 is 2.06 bits per heavy atom. The molecule has 5 heteroatoms. The second kappa shape index (κ2) is 5.50. The van der Waals surface area contributed by atoms with Crippen LogP contribution >= 0.6 is 11.6 Å². The molecule has 0 radical (unpaired) electrons. The number of nitrogens with zero attached hydrogens (tertiary/aromatic N) is 2. The Hall–Kier alpha value is -1.81. The number of anilines is 3. The van der Waals surface area contributed by atoms with Gasteiger partial charge < -0.3 is 10.6 Å². The van der Waals surface area contributed by atoms with E-state index in [1.165, 1.54) is 0 Å². The summed E-state index contributed by atoms with van der Waals surface area (Å²) in [4.78, 5) is 8.46. The first-order valence-corrected chi connectivity index (χ1v) is 5.74. The lowest BCUT2D eigenvalue weighted by Gasteiger charge is -2.07. The number of nitrogens with one attached hydrogen (secondary N) is 2. The van der Waals surface area contributed by atoms with Crippen LogP contribution in [0.4, 0.5) is 17.3 Å². The number of halogens is 1. The average Bonchev–Trinajstić information content (AvgIpc) is 2.30. The number of aromatic nitrogens is 2. The predicted molar refractivity (Wildman–Crippen MR) is 70.9 cm³/mol. The zero-order valence-corrected chi connectivity index (χ0v) is 10.2. The SMILES string of the molecule is CCNc1cncc(Nc2cccc(Cl)c2)n1. The smallest absolute Gasteiger partial charge is 0.151 e. The van der Waals surface area contributed by atoms with E-state index in [9.17, 15) is 0 Å². The third-order valence-electron chi connectivity index (χ3n) is 2.09. The molecule has 0 unspecified atom stereocenters. The summed E-state index contributed by atoms with van der Waals surface area (Å²) in [5.74, 6) is 1.44. The summed E-state index contributed by atoms with van der Waals surface area (Å²) in [6.45, 7) is 2.83. The van der Waals surface area contributed by atoms with Gasteiger partial charge in [0.05, 0.1) is 12.4 Å². The lowest BCUT2D eigenvalue weighted by atomic mass is 10.3. The van der Waals surface area contributed by atoms with Gasteiger partial charge in [0.25, 0.3) is 0 Å². The first-order valence-electron chi connectivity index (χ1n) is 5.36. The second-order valence-corrected chi connectivity index (χ2v) is 3.89. The van der Waals surface area contributed by atoms with Crippen molar-refractivity contribution in [3.63, 3.8) is 0 Å². The van der Waals surface area contributed by atoms with Crippen LogP contribution in [0.3, 0.4) is 0 Å². The van der Waals surface area contributed by atoms with Crippen LogP contribution in [0.5, 0.6) is 0 Å². The highest BCUT2D eigenvalue weighted by Gasteiger charge is 1.99. The molecule has 0 aliphatic carbocycles. The van der Waals surface area contributed by atoms with Crippen LogP contribution in [0, 0.1) is 0 Å². The van der Waals surface area contributed by atoms with Gasteiger partial charge in [-0.1, -0.05) is 17.7 Å². The summed E-state index contributed by atoms with van der Waals surface area (Å²) in [5, 5.41) is 6.94. The van der Waals surface area contributed by atoms with Crippen molar-refractivity contribution in [1.82, 2.24) is 9.97 Å². The molecule has 0 aliphatic rings. The second-order valence-electron chi connectivity index (χ2n) is 3.46. The van der Waals surface area contributed by atoms with Crippen molar-refractivity contribution in [2.24, 2.45) is 0 Å². The lowest BCUT2D eigenvalue weighted by molar-refractivity contribution is 1.12. The van der Waals surface area contributed by atoms with Crippen LogP contribution in [0.25, 0.3) is 0 Å². The molecule has 0 atom stereocenters. The van der Waals surface area contributed by atoms with E-state index in [0.717, 1.165) is 18.1 Å². The molecule has 0 saturated heterocycles. The van der Waals surface area contributed by atoms with Crippen LogP contribution in [-0.4, -0.2) is 16.5 Å². The van der Waals surface area contributed by atoms with Crippen molar-refractivity contribution in [2.75, 3.05) is 17.2 Å². The Kier molecular flexibility index (Phi) is 3.77. The van der Waals surface area contributed by atoms with E-state index in [4.69, 9.17) is 11.6 Å². The molecule has 2 rings (SSSR count). The third kappa shape index (κ3) is 3.32. The van der Waals surface area contributed by atoms with E-state index in [1.807, 2.05) is 31.2 Å². The quantitative estimate of drug-likeness (QED) is 0.872. The molecule has 4 nitrogen and oxygen atoms in total. The first kappa shape index (κ1) is 11.7. The van der Waals surface area contributed by atoms with Crippen molar-refractivity contribution in [2.45, 2.75) is 6.92 Å². The third-order valence-corrected chi connectivity index (χ3v) is 2.32. The van der Waals surface area contributed by atoms with Gasteiger partial charge in [-0.3, -0.25) is 4.98 Å². The Morgan fingerprint density at radius 1 is 1.24 bits per heavy atom. The van der Waals surface area contributed by atoms with E-state index in [0.29, 0.717) is 10.8 Å². The Morgan fingerprint density at radius 3 is 2.82 bits per heavy atom. The molecule has 1 aromatic heterocycles. The van der Waals surface area contributed by atoms with Crippen molar-refractivity contribution < 1.29 is 0 Å². The first-order chi connectivity index (χ1) is 8.28. The monoisotopic (exact) mass is 248 g/mol. The minimum absolute atomic E-state index is 0.686. The molecule has 0 amide bonds. The van der Waals surface area contributed by atoms with Gasteiger partial charge in [0.1, 0.15) is 5.82 Å². The Balaban J connectivity index is 2.15. The maximum atomic E-state index is 5.90. The van der Waals surface area contributed by atoms with Gasteiger partial charge in [-0.2, -0.15) is 0 Å². The fourth-order valence-electron chi connectivity index (χ4n) is 1.41. The summed E-state index contributed by atoms with van der Waals surface area (Å²) in [5.41, 5.74) is 0.889. The van der Waals surface area contributed by atoms with Gasteiger partial charge in [0.2, 0.25) is 0 Å². The summed E-state index contributed by atoms with van der Waals surface area (Å²) in [6, 6.07) is 7.47.